The van der Waals surface area contributed by atoms with Crippen molar-refractivity contribution in [3.8, 4) is 28.3 Å². The number of benzene rings is 3. The van der Waals surface area contributed by atoms with E-state index in [0.29, 0.717) is 23.1 Å². The summed E-state index contributed by atoms with van der Waals surface area (Å²) in [5.41, 5.74) is 11.2. The van der Waals surface area contributed by atoms with Gasteiger partial charge < -0.3 is 19.0 Å². The van der Waals surface area contributed by atoms with Crippen molar-refractivity contribution in [3.63, 3.8) is 0 Å². The summed E-state index contributed by atoms with van der Waals surface area (Å²) in [6.07, 6.45) is 7.06. The molecular weight excluding hydrogens is 866 g/mol. The van der Waals surface area contributed by atoms with Crippen molar-refractivity contribution in [1.82, 2.24) is 24.5 Å². The number of imidazole rings is 1. The summed E-state index contributed by atoms with van der Waals surface area (Å²) in [6.45, 7) is 19.9. The standard InChI is InChI=1S/C30H26FN4O.C15H18NSi.Ir/c1-16(2)21-7-6-8-22(17(3)4)28(21)35-26-15-32-18(5)11-25(26)34-29(35)19-12-24-23-10-9-20(31)13-27(23)36-30(24)33-14-19;1-12-5-7-13(8-6-12)15-10-9-14(11-16-15)17(2,3)4;/h6-13,15-17H,1-5H3;5-7,9-11H,1-4H3;/q2*-1;. The second-order valence-electron chi connectivity index (χ2n) is 15.4. The predicted molar refractivity (Wildman–Crippen MR) is 217 cm³/mol. The second-order valence-corrected chi connectivity index (χ2v) is 20.5. The van der Waals surface area contributed by atoms with Gasteiger partial charge in [0.2, 0.25) is 0 Å². The quantitative estimate of drug-likeness (QED) is 0.123. The Bertz CT molecular complexity index is 2560. The van der Waals surface area contributed by atoms with Gasteiger partial charge in [-0.25, -0.2) is 4.39 Å². The number of para-hydroxylation sites is 1. The third-order valence-corrected chi connectivity index (χ3v) is 11.6. The minimum atomic E-state index is -1.24. The van der Waals surface area contributed by atoms with Crippen molar-refractivity contribution in [2.24, 2.45) is 0 Å². The van der Waals surface area contributed by atoms with E-state index in [0.717, 1.165) is 55.8 Å². The molecule has 9 heteroatoms. The van der Waals surface area contributed by atoms with Crippen molar-refractivity contribution in [1.29, 1.82) is 0 Å². The molecule has 0 bridgehead atoms. The van der Waals surface area contributed by atoms with E-state index >= 15 is 0 Å². The molecule has 0 aliphatic carbocycles. The molecule has 1 radical (unpaired) electrons. The van der Waals surface area contributed by atoms with Gasteiger partial charge in [-0.05, 0) is 70.5 Å². The molecule has 3 aromatic carbocycles. The monoisotopic (exact) mass is 910 g/mol. The smallest absolute Gasteiger partial charge is 0.141 e. The molecule has 0 saturated carbocycles. The molecular formula is C45H44FIrN5OSi-2. The van der Waals surface area contributed by atoms with E-state index in [1.807, 2.05) is 37.5 Å². The van der Waals surface area contributed by atoms with Crippen molar-refractivity contribution in [2.45, 2.75) is 73.0 Å². The van der Waals surface area contributed by atoms with Gasteiger partial charge in [0.05, 0.1) is 31.1 Å². The van der Waals surface area contributed by atoms with Crippen molar-refractivity contribution >= 4 is 46.4 Å². The second kappa shape index (κ2) is 15.5. The Morgan fingerprint density at radius 2 is 1.54 bits per heavy atom. The van der Waals surface area contributed by atoms with Crippen LogP contribution in [0.15, 0.2) is 95.7 Å². The minimum absolute atomic E-state index is 0. The maximum atomic E-state index is 13.8. The number of rotatable bonds is 6. The van der Waals surface area contributed by atoms with Crippen LogP contribution in [0.2, 0.25) is 19.6 Å². The van der Waals surface area contributed by atoms with Gasteiger partial charge in [0.15, 0.2) is 0 Å². The molecule has 0 atom stereocenters. The first-order valence-electron chi connectivity index (χ1n) is 18.1. The molecule has 0 aliphatic heterocycles. The van der Waals surface area contributed by atoms with Gasteiger partial charge in [-0.1, -0.05) is 90.2 Å². The van der Waals surface area contributed by atoms with E-state index in [2.05, 4.69) is 129 Å². The maximum absolute atomic E-state index is 13.8. The summed E-state index contributed by atoms with van der Waals surface area (Å²) < 4.78 is 21.8. The minimum Gasteiger partial charge on any atom is -0.482 e. The Morgan fingerprint density at radius 3 is 2.17 bits per heavy atom. The van der Waals surface area contributed by atoms with E-state index in [9.17, 15) is 4.39 Å². The van der Waals surface area contributed by atoms with Crippen molar-refractivity contribution in [3.05, 3.63) is 132 Å². The number of pyridine rings is 3. The molecule has 8 aromatic rings. The number of nitrogens with zero attached hydrogens (tertiary/aromatic N) is 5. The van der Waals surface area contributed by atoms with Crippen molar-refractivity contribution < 1.29 is 28.9 Å². The van der Waals surface area contributed by atoms with E-state index in [1.165, 1.54) is 34.0 Å². The summed E-state index contributed by atoms with van der Waals surface area (Å²) in [5.74, 6) is 1.000. The van der Waals surface area contributed by atoms with Crippen LogP contribution in [0, 0.1) is 31.9 Å². The first-order chi connectivity index (χ1) is 25.3. The van der Waals surface area contributed by atoms with Gasteiger partial charge in [0, 0.05) is 49.1 Å². The average molecular weight is 910 g/mol. The molecule has 0 spiro atoms. The topological polar surface area (TPSA) is 69.6 Å². The molecule has 0 fully saturated rings. The third-order valence-electron chi connectivity index (χ3n) is 9.60. The Labute approximate surface area is 331 Å². The molecule has 5 heterocycles. The number of aryl methyl sites for hydroxylation is 2. The SMILES string of the molecule is Cc1c[c-]c(-c2ccc([Si](C)(C)C)cn2)cc1.Cc1cc2nc(-c3[c-]nc4oc5cc(F)ccc5c4c3)n(-c3c(C(C)C)cccc3C(C)C)c2cn1.[Ir]. The van der Waals surface area contributed by atoms with Crippen LogP contribution in [0.4, 0.5) is 4.39 Å². The molecule has 0 amide bonds. The van der Waals surface area contributed by atoms with Gasteiger partial charge in [-0.2, -0.15) is 0 Å². The summed E-state index contributed by atoms with van der Waals surface area (Å²) in [6, 6.07) is 28.8. The van der Waals surface area contributed by atoms with E-state index in [4.69, 9.17) is 9.40 Å². The van der Waals surface area contributed by atoms with Gasteiger partial charge >= 0.3 is 0 Å². The molecule has 0 saturated heterocycles. The van der Waals surface area contributed by atoms with Gasteiger partial charge in [-0.3, -0.25) is 9.97 Å². The van der Waals surface area contributed by atoms with Crippen molar-refractivity contribution in [2.75, 3.05) is 0 Å². The molecule has 54 heavy (non-hydrogen) atoms. The molecule has 5 aromatic heterocycles. The first-order valence-corrected chi connectivity index (χ1v) is 21.6. The predicted octanol–water partition coefficient (Wildman–Crippen LogP) is 11.3. The van der Waals surface area contributed by atoms with Crippen LogP contribution >= 0.6 is 0 Å². The number of halogens is 1. The fourth-order valence-electron chi connectivity index (χ4n) is 6.62. The zero-order chi connectivity index (χ0) is 37.6. The van der Waals surface area contributed by atoms with Crippen LogP contribution in [0.1, 0.15) is 61.9 Å². The van der Waals surface area contributed by atoms with Gasteiger partial charge in [-0.15, -0.1) is 41.5 Å². The fraction of sp³-hybridized carbons (Fsp3) is 0.244. The third kappa shape index (κ3) is 7.72. The Morgan fingerprint density at radius 1 is 0.796 bits per heavy atom. The van der Waals surface area contributed by atoms with Gasteiger partial charge in [0.1, 0.15) is 17.1 Å². The Kier molecular flexibility index (Phi) is 11.2. The largest absolute Gasteiger partial charge is 0.482 e. The van der Waals surface area contributed by atoms with E-state index in [-0.39, 0.29) is 25.9 Å². The molecule has 0 unspecified atom stereocenters. The average Bonchev–Trinajstić information content (AvgIpc) is 3.68. The molecule has 6 nitrogen and oxygen atoms in total. The Balaban J connectivity index is 0.000000233. The normalized spacial score (nSPS) is 11.7. The van der Waals surface area contributed by atoms with Crippen LogP contribution in [-0.4, -0.2) is 32.6 Å². The van der Waals surface area contributed by atoms with Gasteiger partial charge in [0.25, 0.3) is 0 Å². The fourth-order valence-corrected chi connectivity index (χ4v) is 7.65. The summed E-state index contributed by atoms with van der Waals surface area (Å²) >= 11 is 0. The number of hydrogen-bond donors (Lipinski definition) is 0. The number of hydrogen-bond acceptors (Lipinski definition) is 5. The number of fused-ring (bicyclic) bond motifs is 4. The van der Waals surface area contributed by atoms with Crippen LogP contribution < -0.4 is 5.19 Å². The maximum Gasteiger partial charge on any atom is 0.141 e. The zero-order valence-corrected chi connectivity index (χ0v) is 35.6. The Hall–Kier alpha value is -4.82. The number of furan rings is 1. The summed E-state index contributed by atoms with van der Waals surface area (Å²) in [4.78, 5) is 18.7. The summed E-state index contributed by atoms with van der Waals surface area (Å²) in [7, 11) is -1.24. The zero-order valence-electron chi connectivity index (χ0n) is 32.2. The van der Waals surface area contributed by atoms with Crippen LogP contribution in [0.25, 0.3) is 61.4 Å². The molecule has 8 rings (SSSR count). The molecule has 0 aliphatic rings. The van der Waals surface area contributed by atoms with Crippen LogP contribution in [0.3, 0.4) is 0 Å². The molecule has 277 valence electrons. The number of aromatic nitrogens is 5. The van der Waals surface area contributed by atoms with Crippen LogP contribution in [0.5, 0.6) is 0 Å². The first kappa shape index (κ1) is 38.9. The van der Waals surface area contributed by atoms with E-state index < -0.39 is 8.07 Å². The molecule has 0 N–H and O–H groups in total. The van der Waals surface area contributed by atoms with Crippen LogP contribution in [-0.2, 0) is 20.1 Å². The summed E-state index contributed by atoms with van der Waals surface area (Å²) in [5, 5.41) is 3.00. The van der Waals surface area contributed by atoms with E-state index in [1.54, 1.807) is 6.07 Å².